The van der Waals surface area contributed by atoms with Gasteiger partial charge in [0.05, 0.1) is 12.1 Å². The van der Waals surface area contributed by atoms with Gasteiger partial charge in [-0.05, 0) is 18.1 Å². The van der Waals surface area contributed by atoms with Gasteiger partial charge in [0.1, 0.15) is 11.6 Å². The zero-order valence-electron chi connectivity index (χ0n) is 12.2. The molecule has 0 atom stereocenters. The summed E-state index contributed by atoms with van der Waals surface area (Å²) in [5.74, 6) is 0.969. The molecule has 0 amide bonds. The summed E-state index contributed by atoms with van der Waals surface area (Å²) in [4.78, 5) is 22.3. The van der Waals surface area contributed by atoms with Crippen LogP contribution in [0.5, 0.6) is 0 Å². The Balaban J connectivity index is 1.96. The molecule has 2 aromatic heterocycles. The summed E-state index contributed by atoms with van der Waals surface area (Å²) in [6.45, 7) is 6.32. The zero-order valence-corrected chi connectivity index (χ0v) is 12.2. The van der Waals surface area contributed by atoms with Gasteiger partial charge in [-0.3, -0.25) is 0 Å². The number of carboxylic acid groups (broad SMARTS) is 1. The van der Waals surface area contributed by atoms with E-state index in [2.05, 4.69) is 19.4 Å². The average molecular weight is 286 g/mol. The molecule has 3 rings (SSSR count). The van der Waals surface area contributed by atoms with Crippen molar-refractivity contribution in [3.8, 4) is 0 Å². The molecule has 0 fully saturated rings. The maximum absolute atomic E-state index is 11.3. The van der Waals surface area contributed by atoms with Gasteiger partial charge in [0.2, 0.25) is 0 Å². The summed E-state index contributed by atoms with van der Waals surface area (Å²) >= 11 is 0. The lowest BCUT2D eigenvalue weighted by Gasteiger charge is -2.29. The van der Waals surface area contributed by atoms with E-state index in [0.717, 1.165) is 24.6 Å². The predicted octanol–water partition coefficient (Wildman–Crippen LogP) is 2.12. The highest BCUT2D eigenvalue weighted by Gasteiger charge is 2.20. The fourth-order valence-electron chi connectivity index (χ4n) is 2.49. The van der Waals surface area contributed by atoms with Crippen LogP contribution in [0.4, 0.5) is 5.82 Å². The summed E-state index contributed by atoms with van der Waals surface area (Å²) in [7, 11) is 0. The van der Waals surface area contributed by atoms with Gasteiger partial charge in [0.15, 0.2) is 0 Å². The SMILES string of the molecule is CC(C)c1cc(C(=O)O)cc(N2CCn3ccnc3C2)n1. The predicted molar refractivity (Wildman–Crippen MR) is 78.6 cm³/mol. The molecule has 0 saturated carbocycles. The minimum Gasteiger partial charge on any atom is -0.478 e. The minimum atomic E-state index is -0.918. The van der Waals surface area contributed by atoms with Crippen LogP contribution < -0.4 is 4.90 Å². The van der Waals surface area contributed by atoms with E-state index in [1.54, 1.807) is 18.3 Å². The van der Waals surface area contributed by atoms with Crippen LogP contribution in [-0.2, 0) is 13.1 Å². The Morgan fingerprint density at radius 3 is 2.86 bits per heavy atom. The second kappa shape index (κ2) is 5.20. The Hall–Kier alpha value is -2.37. The molecule has 21 heavy (non-hydrogen) atoms. The quantitative estimate of drug-likeness (QED) is 0.935. The van der Waals surface area contributed by atoms with Gasteiger partial charge in [0.25, 0.3) is 0 Å². The third-order valence-corrected chi connectivity index (χ3v) is 3.74. The van der Waals surface area contributed by atoms with Crippen molar-refractivity contribution in [3.05, 3.63) is 41.6 Å². The van der Waals surface area contributed by atoms with Gasteiger partial charge in [-0.2, -0.15) is 0 Å². The number of imidazole rings is 1. The van der Waals surface area contributed by atoms with Crippen LogP contribution in [0.3, 0.4) is 0 Å². The first-order valence-electron chi connectivity index (χ1n) is 7.05. The highest BCUT2D eigenvalue weighted by Crippen LogP contribution is 2.23. The molecule has 1 aliphatic rings. The number of hydrogen-bond donors (Lipinski definition) is 1. The number of aromatic carboxylic acids is 1. The van der Waals surface area contributed by atoms with E-state index < -0.39 is 5.97 Å². The van der Waals surface area contributed by atoms with Crippen molar-refractivity contribution in [3.63, 3.8) is 0 Å². The number of hydrogen-bond acceptors (Lipinski definition) is 4. The Labute approximate surface area is 123 Å². The molecule has 0 aromatic carbocycles. The summed E-state index contributed by atoms with van der Waals surface area (Å²) < 4.78 is 2.11. The van der Waals surface area contributed by atoms with E-state index in [-0.39, 0.29) is 11.5 Å². The average Bonchev–Trinajstić information content (AvgIpc) is 2.94. The Bertz CT molecular complexity index is 678. The van der Waals surface area contributed by atoms with Crippen LogP contribution in [0.25, 0.3) is 0 Å². The lowest BCUT2D eigenvalue weighted by atomic mass is 10.1. The third kappa shape index (κ3) is 2.61. The number of fused-ring (bicyclic) bond motifs is 1. The molecule has 0 bridgehead atoms. The van der Waals surface area contributed by atoms with Gasteiger partial charge in [-0.1, -0.05) is 13.8 Å². The Kier molecular flexibility index (Phi) is 3.37. The number of aromatic nitrogens is 3. The summed E-state index contributed by atoms with van der Waals surface area (Å²) in [6, 6.07) is 3.30. The van der Waals surface area contributed by atoms with E-state index in [4.69, 9.17) is 0 Å². The lowest BCUT2D eigenvalue weighted by Crippen LogP contribution is -2.34. The number of nitrogens with zero attached hydrogens (tertiary/aromatic N) is 4. The number of carboxylic acids is 1. The molecule has 0 saturated heterocycles. The number of rotatable bonds is 3. The topological polar surface area (TPSA) is 71.2 Å². The molecule has 0 aliphatic carbocycles. The van der Waals surface area contributed by atoms with Gasteiger partial charge in [-0.25, -0.2) is 14.8 Å². The normalized spacial score (nSPS) is 14.3. The molecular formula is C15H18N4O2. The zero-order chi connectivity index (χ0) is 15.0. The van der Waals surface area contributed by atoms with Crippen molar-refractivity contribution in [2.75, 3.05) is 11.4 Å². The van der Waals surface area contributed by atoms with Gasteiger partial charge in [0, 0.05) is 31.2 Å². The second-order valence-electron chi connectivity index (χ2n) is 5.56. The third-order valence-electron chi connectivity index (χ3n) is 3.74. The van der Waals surface area contributed by atoms with Crippen molar-refractivity contribution >= 4 is 11.8 Å². The highest BCUT2D eigenvalue weighted by molar-refractivity contribution is 5.88. The standard InChI is InChI=1S/C15H18N4O2/c1-10(2)12-7-11(15(20)21)8-13(17-12)19-6-5-18-4-3-16-14(18)9-19/h3-4,7-8,10H,5-6,9H2,1-2H3,(H,20,21). The summed E-state index contributed by atoms with van der Waals surface area (Å²) in [6.07, 6.45) is 3.76. The van der Waals surface area contributed by atoms with Crippen molar-refractivity contribution in [2.45, 2.75) is 32.9 Å². The Morgan fingerprint density at radius 1 is 1.33 bits per heavy atom. The molecule has 1 N–H and O–H groups in total. The van der Waals surface area contributed by atoms with E-state index in [1.165, 1.54) is 0 Å². The Morgan fingerprint density at radius 2 is 2.14 bits per heavy atom. The van der Waals surface area contributed by atoms with Crippen LogP contribution in [0.1, 0.15) is 41.6 Å². The summed E-state index contributed by atoms with van der Waals surface area (Å²) in [5, 5.41) is 9.28. The maximum atomic E-state index is 11.3. The minimum absolute atomic E-state index is 0.190. The fourth-order valence-corrected chi connectivity index (χ4v) is 2.49. The van der Waals surface area contributed by atoms with Gasteiger partial charge >= 0.3 is 5.97 Å². The monoisotopic (exact) mass is 286 g/mol. The van der Waals surface area contributed by atoms with Crippen LogP contribution in [0.2, 0.25) is 0 Å². The smallest absolute Gasteiger partial charge is 0.335 e. The molecule has 6 heteroatoms. The van der Waals surface area contributed by atoms with Crippen molar-refractivity contribution in [1.82, 2.24) is 14.5 Å². The van der Waals surface area contributed by atoms with Crippen molar-refractivity contribution < 1.29 is 9.90 Å². The van der Waals surface area contributed by atoms with Gasteiger partial charge < -0.3 is 14.6 Å². The number of carbonyl (C=O) groups is 1. The van der Waals surface area contributed by atoms with Crippen LogP contribution in [-0.4, -0.2) is 32.2 Å². The number of pyridine rings is 1. The largest absolute Gasteiger partial charge is 0.478 e. The van der Waals surface area contributed by atoms with Crippen LogP contribution in [0.15, 0.2) is 24.5 Å². The van der Waals surface area contributed by atoms with E-state index >= 15 is 0 Å². The molecule has 1 aliphatic heterocycles. The number of anilines is 1. The van der Waals surface area contributed by atoms with E-state index in [1.807, 2.05) is 20.0 Å². The molecular weight excluding hydrogens is 268 g/mol. The lowest BCUT2D eigenvalue weighted by molar-refractivity contribution is 0.0696. The molecule has 6 nitrogen and oxygen atoms in total. The molecule has 3 heterocycles. The van der Waals surface area contributed by atoms with Crippen LogP contribution >= 0.6 is 0 Å². The molecule has 0 spiro atoms. The van der Waals surface area contributed by atoms with E-state index in [9.17, 15) is 9.90 Å². The first kappa shape index (κ1) is 13.6. The van der Waals surface area contributed by atoms with Gasteiger partial charge in [-0.15, -0.1) is 0 Å². The maximum Gasteiger partial charge on any atom is 0.335 e. The van der Waals surface area contributed by atoms with Crippen LogP contribution in [0, 0.1) is 0 Å². The first-order chi connectivity index (χ1) is 10.0. The van der Waals surface area contributed by atoms with Crippen molar-refractivity contribution in [2.24, 2.45) is 0 Å². The van der Waals surface area contributed by atoms with E-state index in [0.29, 0.717) is 12.4 Å². The molecule has 110 valence electrons. The molecule has 0 radical (unpaired) electrons. The molecule has 2 aromatic rings. The van der Waals surface area contributed by atoms with Crippen molar-refractivity contribution in [1.29, 1.82) is 0 Å². The highest BCUT2D eigenvalue weighted by atomic mass is 16.4. The fraction of sp³-hybridized carbons (Fsp3) is 0.400. The second-order valence-corrected chi connectivity index (χ2v) is 5.56. The first-order valence-corrected chi connectivity index (χ1v) is 7.05. The molecule has 0 unspecified atom stereocenters. The summed E-state index contributed by atoms with van der Waals surface area (Å²) in [5.41, 5.74) is 1.09.